The predicted octanol–water partition coefficient (Wildman–Crippen LogP) is 2.00. The maximum absolute atomic E-state index is 8.98. The Morgan fingerprint density at radius 2 is 2.21 bits per heavy atom. The smallest absolute Gasteiger partial charge is 0.0776 e. The summed E-state index contributed by atoms with van der Waals surface area (Å²) < 4.78 is 0. The van der Waals surface area contributed by atoms with Gasteiger partial charge >= 0.3 is 0 Å². The Labute approximate surface area is 85.3 Å². The predicted molar refractivity (Wildman–Crippen MR) is 54.0 cm³/mol. The monoisotopic (exact) mass is 192 g/mol. The van der Waals surface area contributed by atoms with Gasteiger partial charge in [0.1, 0.15) is 0 Å². The molecule has 0 radical (unpaired) electrons. The highest BCUT2D eigenvalue weighted by molar-refractivity contribution is 4.97. The van der Waals surface area contributed by atoms with Crippen molar-refractivity contribution in [2.45, 2.75) is 26.2 Å². The summed E-state index contributed by atoms with van der Waals surface area (Å²) >= 11 is 0. The van der Waals surface area contributed by atoms with Crippen LogP contribution in [0.1, 0.15) is 26.2 Å². The standard InChI is InChI=1S/C11H16N2O/c1-3-4-10(7-12)5-6-11(2,8-13)9-14/h3,10,14H,1,4-6,9H2,2H3. The number of nitriles is 2. The topological polar surface area (TPSA) is 67.8 Å². The first kappa shape index (κ1) is 12.7. The molecule has 0 saturated heterocycles. The Hall–Kier alpha value is -1.32. The molecule has 0 aliphatic carbocycles. The summed E-state index contributed by atoms with van der Waals surface area (Å²) in [5.74, 6) is -0.0910. The zero-order valence-corrected chi connectivity index (χ0v) is 8.53. The zero-order chi connectivity index (χ0) is 11.0. The number of hydrogen-bond donors (Lipinski definition) is 1. The lowest BCUT2D eigenvalue weighted by Gasteiger charge is -2.19. The van der Waals surface area contributed by atoms with E-state index in [4.69, 9.17) is 15.6 Å². The number of aliphatic hydroxyl groups excluding tert-OH is 1. The minimum Gasteiger partial charge on any atom is -0.395 e. The quantitative estimate of drug-likeness (QED) is 0.654. The largest absolute Gasteiger partial charge is 0.395 e. The van der Waals surface area contributed by atoms with Gasteiger partial charge in [0.25, 0.3) is 0 Å². The highest BCUT2D eigenvalue weighted by Crippen LogP contribution is 2.25. The van der Waals surface area contributed by atoms with Gasteiger partial charge in [0.2, 0.25) is 0 Å². The van der Waals surface area contributed by atoms with Crippen molar-refractivity contribution in [3.63, 3.8) is 0 Å². The fourth-order valence-electron chi connectivity index (χ4n) is 1.10. The van der Waals surface area contributed by atoms with Crippen LogP contribution in [-0.2, 0) is 0 Å². The van der Waals surface area contributed by atoms with Crippen molar-refractivity contribution in [1.82, 2.24) is 0 Å². The Morgan fingerprint density at radius 3 is 2.57 bits per heavy atom. The van der Waals surface area contributed by atoms with Crippen LogP contribution in [0.4, 0.5) is 0 Å². The molecule has 1 N–H and O–H groups in total. The molecule has 76 valence electrons. The first-order valence-corrected chi connectivity index (χ1v) is 4.64. The Bertz CT molecular complexity index is 261. The molecular weight excluding hydrogens is 176 g/mol. The SMILES string of the molecule is C=CCC(C#N)CCC(C)(C#N)CO. The molecule has 3 nitrogen and oxygen atoms in total. The van der Waals surface area contributed by atoms with Crippen molar-refractivity contribution >= 4 is 0 Å². The van der Waals surface area contributed by atoms with Gasteiger partial charge in [0.05, 0.1) is 24.2 Å². The van der Waals surface area contributed by atoms with Gasteiger partial charge < -0.3 is 5.11 Å². The molecule has 0 heterocycles. The van der Waals surface area contributed by atoms with E-state index in [0.29, 0.717) is 19.3 Å². The molecule has 0 aliphatic heterocycles. The molecule has 0 aliphatic rings. The number of allylic oxidation sites excluding steroid dienone is 1. The van der Waals surface area contributed by atoms with Crippen molar-refractivity contribution in [3.05, 3.63) is 12.7 Å². The first-order chi connectivity index (χ1) is 6.61. The van der Waals surface area contributed by atoms with Gasteiger partial charge in [-0.1, -0.05) is 6.08 Å². The van der Waals surface area contributed by atoms with Crippen molar-refractivity contribution in [2.75, 3.05) is 6.61 Å². The van der Waals surface area contributed by atoms with Crippen LogP contribution < -0.4 is 0 Å². The number of rotatable bonds is 6. The van der Waals surface area contributed by atoms with Crippen LogP contribution in [0.25, 0.3) is 0 Å². The van der Waals surface area contributed by atoms with Crippen molar-refractivity contribution in [3.8, 4) is 12.1 Å². The lowest BCUT2D eigenvalue weighted by atomic mass is 9.84. The molecule has 0 saturated carbocycles. The fourth-order valence-corrected chi connectivity index (χ4v) is 1.10. The molecule has 0 bridgehead atoms. The molecule has 0 rings (SSSR count). The van der Waals surface area contributed by atoms with E-state index in [1.165, 1.54) is 0 Å². The molecule has 2 atom stereocenters. The molecule has 0 fully saturated rings. The molecule has 0 aromatic heterocycles. The number of aliphatic hydroxyl groups is 1. The molecule has 0 aromatic carbocycles. The molecular formula is C11H16N2O. The maximum atomic E-state index is 8.98. The normalized spacial score (nSPS) is 16.0. The summed E-state index contributed by atoms with van der Waals surface area (Å²) in [4.78, 5) is 0. The van der Waals surface area contributed by atoms with Gasteiger partial charge in [-0.3, -0.25) is 0 Å². The van der Waals surface area contributed by atoms with Gasteiger partial charge in [-0.05, 0) is 26.2 Å². The van der Waals surface area contributed by atoms with E-state index in [1.807, 2.05) is 0 Å². The third-order valence-corrected chi connectivity index (χ3v) is 2.30. The average molecular weight is 192 g/mol. The van der Waals surface area contributed by atoms with Crippen LogP contribution in [0.15, 0.2) is 12.7 Å². The molecule has 0 aromatic rings. The second-order valence-electron chi connectivity index (χ2n) is 3.72. The van der Waals surface area contributed by atoms with E-state index in [1.54, 1.807) is 13.0 Å². The molecule has 14 heavy (non-hydrogen) atoms. The van der Waals surface area contributed by atoms with Crippen LogP contribution in [0.2, 0.25) is 0 Å². The summed E-state index contributed by atoms with van der Waals surface area (Å²) in [5, 5.41) is 26.5. The third kappa shape index (κ3) is 4.07. The Kier molecular flexibility index (Phi) is 5.60. The molecule has 3 heteroatoms. The van der Waals surface area contributed by atoms with Gasteiger partial charge in [0, 0.05) is 5.92 Å². The van der Waals surface area contributed by atoms with Gasteiger partial charge in [-0.25, -0.2) is 0 Å². The second kappa shape index (κ2) is 6.18. The van der Waals surface area contributed by atoms with Crippen LogP contribution in [0.5, 0.6) is 0 Å². The van der Waals surface area contributed by atoms with Crippen LogP contribution in [-0.4, -0.2) is 11.7 Å². The maximum Gasteiger partial charge on any atom is 0.0776 e. The summed E-state index contributed by atoms with van der Waals surface area (Å²) in [6.45, 7) is 5.11. The lowest BCUT2D eigenvalue weighted by Crippen LogP contribution is -2.19. The highest BCUT2D eigenvalue weighted by atomic mass is 16.3. The third-order valence-electron chi connectivity index (χ3n) is 2.30. The van der Waals surface area contributed by atoms with Gasteiger partial charge in [-0.15, -0.1) is 6.58 Å². The zero-order valence-electron chi connectivity index (χ0n) is 8.53. The van der Waals surface area contributed by atoms with Crippen molar-refractivity contribution in [1.29, 1.82) is 10.5 Å². The minimum absolute atomic E-state index is 0.0910. The number of nitrogens with zero attached hydrogens (tertiary/aromatic N) is 2. The van der Waals surface area contributed by atoms with Gasteiger partial charge in [-0.2, -0.15) is 10.5 Å². The van der Waals surface area contributed by atoms with E-state index in [0.717, 1.165) is 0 Å². The minimum atomic E-state index is -0.712. The lowest BCUT2D eigenvalue weighted by molar-refractivity contribution is 0.175. The van der Waals surface area contributed by atoms with E-state index in [2.05, 4.69) is 18.7 Å². The van der Waals surface area contributed by atoms with E-state index < -0.39 is 5.41 Å². The number of hydrogen-bond acceptors (Lipinski definition) is 3. The summed E-state index contributed by atoms with van der Waals surface area (Å²) in [7, 11) is 0. The summed E-state index contributed by atoms with van der Waals surface area (Å²) in [6.07, 6.45) is 3.53. The Balaban J connectivity index is 4.10. The van der Waals surface area contributed by atoms with E-state index >= 15 is 0 Å². The molecule has 2 unspecified atom stereocenters. The Morgan fingerprint density at radius 1 is 1.57 bits per heavy atom. The summed E-state index contributed by atoms with van der Waals surface area (Å²) in [6, 6.07) is 4.23. The van der Waals surface area contributed by atoms with Crippen LogP contribution in [0.3, 0.4) is 0 Å². The summed E-state index contributed by atoms with van der Waals surface area (Å²) in [5.41, 5.74) is -0.712. The second-order valence-corrected chi connectivity index (χ2v) is 3.72. The fraction of sp³-hybridized carbons (Fsp3) is 0.636. The van der Waals surface area contributed by atoms with Crippen molar-refractivity contribution < 1.29 is 5.11 Å². The van der Waals surface area contributed by atoms with Crippen molar-refractivity contribution in [2.24, 2.45) is 11.3 Å². The van der Waals surface area contributed by atoms with E-state index in [-0.39, 0.29) is 12.5 Å². The molecule has 0 spiro atoms. The highest BCUT2D eigenvalue weighted by Gasteiger charge is 2.23. The first-order valence-electron chi connectivity index (χ1n) is 4.64. The van der Waals surface area contributed by atoms with Crippen LogP contribution in [0, 0.1) is 34.0 Å². The average Bonchev–Trinajstić information content (AvgIpc) is 2.23. The molecule has 0 amide bonds. The van der Waals surface area contributed by atoms with Gasteiger partial charge in [0.15, 0.2) is 0 Å². The van der Waals surface area contributed by atoms with E-state index in [9.17, 15) is 0 Å². The van der Waals surface area contributed by atoms with Crippen LogP contribution >= 0.6 is 0 Å².